The third-order valence-corrected chi connectivity index (χ3v) is 2.63. The van der Waals surface area contributed by atoms with Gasteiger partial charge < -0.3 is 5.32 Å². The summed E-state index contributed by atoms with van der Waals surface area (Å²) in [7, 11) is 0. The minimum absolute atomic E-state index is 0.371. The van der Waals surface area contributed by atoms with Crippen LogP contribution in [-0.2, 0) is 6.42 Å². The highest BCUT2D eigenvalue weighted by Gasteiger charge is 2.03. The predicted molar refractivity (Wildman–Crippen MR) is 67.5 cm³/mol. The second kappa shape index (κ2) is 5.58. The number of aromatic nitrogens is 1. The summed E-state index contributed by atoms with van der Waals surface area (Å²) in [5.41, 5.74) is 2.23. The van der Waals surface area contributed by atoms with E-state index < -0.39 is 5.82 Å². The van der Waals surface area contributed by atoms with E-state index in [1.54, 1.807) is 6.20 Å². The first-order valence-corrected chi connectivity index (χ1v) is 5.75. The van der Waals surface area contributed by atoms with Gasteiger partial charge in [0.15, 0.2) is 0 Å². The summed E-state index contributed by atoms with van der Waals surface area (Å²) in [5, 5.41) is 3.15. The zero-order valence-electron chi connectivity index (χ0n) is 10.1. The lowest BCUT2D eigenvalue weighted by atomic mass is 10.1. The average molecular weight is 248 g/mol. The Morgan fingerprint density at radius 1 is 1.17 bits per heavy atom. The topological polar surface area (TPSA) is 24.9 Å². The van der Waals surface area contributed by atoms with Gasteiger partial charge in [0.1, 0.15) is 11.6 Å². The summed E-state index contributed by atoms with van der Waals surface area (Å²) >= 11 is 0. The van der Waals surface area contributed by atoms with E-state index >= 15 is 0 Å². The number of hydrogen-bond donors (Lipinski definition) is 1. The van der Waals surface area contributed by atoms with Crippen LogP contribution in [0.1, 0.15) is 11.3 Å². The lowest BCUT2D eigenvalue weighted by molar-refractivity contribution is 0.586. The Bertz CT molecular complexity index is 541. The van der Waals surface area contributed by atoms with E-state index in [-0.39, 0.29) is 5.82 Å². The van der Waals surface area contributed by atoms with E-state index in [0.29, 0.717) is 18.5 Å². The van der Waals surface area contributed by atoms with Crippen LogP contribution < -0.4 is 5.32 Å². The molecule has 1 heterocycles. The number of pyridine rings is 1. The second-order valence-corrected chi connectivity index (χ2v) is 4.10. The lowest BCUT2D eigenvalue weighted by Gasteiger charge is -2.07. The van der Waals surface area contributed by atoms with Gasteiger partial charge in [-0.2, -0.15) is 0 Å². The summed E-state index contributed by atoms with van der Waals surface area (Å²) in [6.45, 7) is 2.45. The minimum atomic E-state index is -0.411. The molecule has 0 atom stereocenters. The molecule has 2 rings (SSSR count). The van der Waals surface area contributed by atoms with Crippen molar-refractivity contribution in [3.8, 4) is 0 Å². The number of nitrogens with one attached hydrogen (secondary N) is 1. The van der Waals surface area contributed by atoms with Crippen molar-refractivity contribution in [2.45, 2.75) is 13.3 Å². The van der Waals surface area contributed by atoms with Gasteiger partial charge in [-0.15, -0.1) is 0 Å². The van der Waals surface area contributed by atoms with Crippen LogP contribution in [0.2, 0.25) is 0 Å². The summed E-state index contributed by atoms with van der Waals surface area (Å²) in [5.74, 6) is -0.782. The average Bonchev–Trinajstić information content (AvgIpc) is 2.34. The Kier molecular flexibility index (Phi) is 3.87. The Morgan fingerprint density at radius 2 is 2.00 bits per heavy atom. The Morgan fingerprint density at radius 3 is 2.78 bits per heavy atom. The molecule has 0 aliphatic carbocycles. The normalized spacial score (nSPS) is 10.4. The molecule has 0 aliphatic heterocycles. The highest BCUT2D eigenvalue weighted by molar-refractivity contribution is 5.43. The molecular weight excluding hydrogens is 234 g/mol. The van der Waals surface area contributed by atoms with Gasteiger partial charge in [-0.25, -0.2) is 8.78 Å². The van der Waals surface area contributed by atoms with Crippen molar-refractivity contribution < 1.29 is 8.78 Å². The van der Waals surface area contributed by atoms with E-state index in [4.69, 9.17) is 0 Å². The van der Waals surface area contributed by atoms with Gasteiger partial charge in [0.2, 0.25) is 0 Å². The number of benzene rings is 1. The van der Waals surface area contributed by atoms with Gasteiger partial charge in [-0.05, 0) is 49.2 Å². The highest BCUT2D eigenvalue weighted by atomic mass is 19.1. The molecule has 1 aromatic heterocycles. The van der Waals surface area contributed by atoms with Crippen LogP contribution >= 0.6 is 0 Å². The monoisotopic (exact) mass is 248 g/mol. The van der Waals surface area contributed by atoms with Crippen molar-refractivity contribution >= 4 is 5.69 Å². The van der Waals surface area contributed by atoms with E-state index in [0.717, 1.165) is 23.5 Å². The van der Waals surface area contributed by atoms with Crippen molar-refractivity contribution in [2.24, 2.45) is 0 Å². The minimum Gasteiger partial charge on any atom is -0.385 e. The Labute approximate surface area is 105 Å². The number of hydrogen-bond acceptors (Lipinski definition) is 2. The Balaban J connectivity index is 1.94. The fraction of sp³-hybridized carbons (Fsp3) is 0.214. The fourth-order valence-corrected chi connectivity index (χ4v) is 1.73. The third kappa shape index (κ3) is 3.26. The number of aryl methyl sites for hydroxylation is 1. The number of nitrogens with zero attached hydrogens (tertiary/aromatic N) is 1. The van der Waals surface area contributed by atoms with E-state index in [9.17, 15) is 8.78 Å². The molecule has 0 unspecified atom stereocenters. The molecule has 0 spiro atoms. The van der Waals surface area contributed by atoms with Crippen LogP contribution in [0.25, 0.3) is 0 Å². The van der Waals surface area contributed by atoms with Crippen molar-refractivity contribution in [1.82, 2.24) is 4.98 Å². The molecule has 2 aromatic rings. The van der Waals surface area contributed by atoms with Gasteiger partial charge in [-0.3, -0.25) is 4.98 Å². The van der Waals surface area contributed by atoms with Gasteiger partial charge in [-0.1, -0.05) is 0 Å². The van der Waals surface area contributed by atoms with Gasteiger partial charge in [0.25, 0.3) is 0 Å². The van der Waals surface area contributed by atoms with Crippen molar-refractivity contribution in [3.63, 3.8) is 0 Å². The third-order valence-electron chi connectivity index (χ3n) is 2.63. The molecule has 1 N–H and O–H groups in total. The molecule has 4 heteroatoms. The lowest BCUT2D eigenvalue weighted by Crippen LogP contribution is -2.06. The number of halogens is 2. The summed E-state index contributed by atoms with van der Waals surface area (Å²) < 4.78 is 26.3. The van der Waals surface area contributed by atoms with Crippen LogP contribution in [0, 0.1) is 18.6 Å². The van der Waals surface area contributed by atoms with Crippen molar-refractivity contribution in [2.75, 3.05) is 11.9 Å². The maximum absolute atomic E-state index is 13.4. The molecule has 0 saturated carbocycles. The SMILES string of the molecule is Cc1cc(NCCc2cc(F)ccc2F)ccn1. The van der Waals surface area contributed by atoms with E-state index in [1.807, 2.05) is 19.1 Å². The highest BCUT2D eigenvalue weighted by Crippen LogP contribution is 2.11. The number of rotatable bonds is 4. The van der Waals surface area contributed by atoms with E-state index in [2.05, 4.69) is 10.3 Å². The molecule has 0 fully saturated rings. The van der Waals surface area contributed by atoms with Crippen LogP contribution in [0.15, 0.2) is 36.5 Å². The van der Waals surface area contributed by atoms with Crippen LogP contribution in [-0.4, -0.2) is 11.5 Å². The summed E-state index contributed by atoms with van der Waals surface area (Å²) in [6, 6.07) is 7.26. The zero-order valence-corrected chi connectivity index (χ0v) is 10.1. The van der Waals surface area contributed by atoms with Crippen LogP contribution in [0.4, 0.5) is 14.5 Å². The molecule has 0 amide bonds. The summed E-state index contributed by atoms with van der Waals surface area (Å²) in [6.07, 6.45) is 2.14. The fourth-order valence-electron chi connectivity index (χ4n) is 1.73. The molecule has 0 bridgehead atoms. The molecule has 0 saturated heterocycles. The standard InChI is InChI=1S/C14H14F2N2/c1-10-8-13(5-7-17-10)18-6-4-11-9-12(15)2-3-14(11)16/h2-3,5,7-9H,4,6H2,1H3,(H,17,18). The number of anilines is 1. The zero-order chi connectivity index (χ0) is 13.0. The first-order valence-electron chi connectivity index (χ1n) is 5.75. The van der Waals surface area contributed by atoms with Crippen molar-refractivity contribution in [3.05, 3.63) is 59.4 Å². The predicted octanol–water partition coefficient (Wildman–Crippen LogP) is 3.32. The molecule has 0 aliphatic rings. The first-order chi connectivity index (χ1) is 8.65. The first kappa shape index (κ1) is 12.5. The van der Waals surface area contributed by atoms with Crippen molar-refractivity contribution in [1.29, 1.82) is 0 Å². The molecule has 1 aromatic carbocycles. The van der Waals surface area contributed by atoms with Gasteiger partial charge in [0.05, 0.1) is 0 Å². The van der Waals surface area contributed by atoms with Gasteiger partial charge >= 0.3 is 0 Å². The molecule has 2 nitrogen and oxygen atoms in total. The molecule has 18 heavy (non-hydrogen) atoms. The Hall–Kier alpha value is -1.97. The quantitative estimate of drug-likeness (QED) is 0.897. The molecule has 94 valence electrons. The maximum Gasteiger partial charge on any atom is 0.126 e. The largest absolute Gasteiger partial charge is 0.385 e. The maximum atomic E-state index is 13.4. The summed E-state index contributed by atoms with van der Waals surface area (Å²) in [4.78, 5) is 4.08. The smallest absolute Gasteiger partial charge is 0.126 e. The van der Waals surface area contributed by atoms with Gasteiger partial charge in [0, 0.05) is 24.1 Å². The van der Waals surface area contributed by atoms with Crippen LogP contribution in [0.3, 0.4) is 0 Å². The molecular formula is C14H14F2N2. The second-order valence-electron chi connectivity index (χ2n) is 4.10. The van der Waals surface area contributed by atoms with E-state index in [1.165, 1.54) is 6.07 Å². The molecule has 0 radical (unpaired) electrons. The van der Waals surface area contributed by atoms with Crippen LogP contribution in [0.5, 0.6) is 0 Å².